The van der Waals surface area contributed by atoms with Gasteiger partial charge in [0.25, 0.3) is 0 Å². The first-order valence-corrected chi connectivity index (χ1v) is 12.2. The zero-order chi connectivity index (χ0) is 22.3. The summed E-state index contributed by atoms with van der Waals surface area (Å²) in [6, 6.07) is 0.843. The summed E-state index contributed by atoms with van der Waals surface area (Å²) in [5.74, 6) is 2.13. The summed E-state index contributed by atoms with van der Waals surface area (Å²) in [7, 11) is 2.75. The molecule has 166 valence electrons. The molecule has 0 aliphatic rings. The third-order valence-corrected chi connectivity index (χ3v) is 4.98. The van der Waals surface area contributed by atoms with Crippen molar-refractivity contribution in [1.82, 2.24) is 29.9 Å². The minimum Gasteiger partial charge on any atom is -0.352 e. The summed E-state index contributed by atoms with van der Waals surface area (Å²) in [5.41, 5.74) is 0. The van der Waals surface area contributed by atoms with Gasteiger partial charge in [-0.2, -0.15) is 29.9 Å². The second-order valence-corrected chi connectivity index (χ2v) is 9.96. The molecule has 0 radical (unpaired) electrons. The second-order valence-electron chi connectivity index (χ2n) is 7.89. The lowest BCUT2D eigenvalue weighted by molar-refractivity contribution is 0.811. The Morgan fingerprint density at radius 1 is 0.433 bits per heavy atom. The Morgan fingerprint density at radius 3 is 0.867 bits per heavy atom. The van der Waals surface area contributed by atoms with E-state index in [1.807, 2.05) is 55.4 Å². The molecule has 2 heterocycles. The van der Waals surface area contributed by atoms with Crippen LogP contribution in [0.3, 0.4) is 0 Å². The topological polar surface area (TPSA) is 125 Å². The van der Waals surface area contributed by atoms with Gasteiger partial charge >= 0.3 is 0 Å². The monoisotopic (exact) mass is 452 g/mol. The van der Waals surface area contributed by atoms with E-state index in [9.17, 15) is 0 Å². The van der Waals surface area contributed by atoms with Crippen molar-refractivity contribution >= 4 is 45.4 Å². The Morgan fingerprint density at radius 2 is 0.667 bits per heavy atom. The third kappa shape index (κ3) is 8.74. The van der Waals surface area contributed by atoms with Crippen molar-refractivity contribution in [3.05, 3.63) is 0 Å². The molecule has 0 amide bonds. The van der Waals surface area contributed by atoms with Gasteiger partial charge in [-0.15, -0.1) is 0 Å². The molecular formula is C18H32N10S2. The zero-order valence-corrected chi connectivity index (χ0v) is 20.4. The number of rotatable bonds is 11. The number of nitrogens with zero attached hydrogens (tertiary/aromatic N) is 6. The van der Waals surface area contributed by atoms with E-state index in [1.165, 1.54) is 21.6 Å². The molecular weight excluding hydrogens is 420 g/mol. The lowest BCUT2D eigenvalue weighted by Crippen LogP contribution is -2.18. The Kier molecular flexibility index (Phi) is 9.15. The van der Waals surface area contributed by atoms with Crippen molar-refractivity contribution in [2.45, 2.75) is 89.9 Å². The maximum atomic E-state index is 4.50. The maximum Gasteiger partial charge on any atom is 0.228 e. The molecule has 0 fully saturated rings. The van der Waals surface area contributed by atoms with Gasteiger partial charge < -0.3 is 21.3 Å². The Bertz CT molecular complexity index is 690. The van der Waals surface area contributed by atoms with Crippen LogP contribution in [0.1, 0.15) is 55.4 Å². The molecule has 0 saturated heterocycles. The standard InChI is InChI=1S/C18H32N10S2/c1-9(2)19-13-23-14(20-10(3)4)26-17(25-13)29-30-18-27-15(21-11(5)6)24-16(28-18)22-12(7)8/h9-12H,1-8H3,(H2,19,20,23,25,26)(H2,21,22,24,27,28). The highest BCUT2D eigenvalue weighted by molar-refractivity contribution is 8.76. The van der Waals surface area contributed by atoms with Crippen molar-refractivity contribution in [1.29, 1.82) is 0 Å². The Labute approximate surface area is 186 Å². The molecule has 0 spiro atoms. The van der Waals surface area contributed by atoms with Gasteiger partial charge in [0.15, 0.2) is 0 Å². The zero-order valence-electron chi connectivity index (χ0n) is 18.8. The summed E-state index contributed by atoms with van der Waals surface area (Å²) in [6.07, 6.45) is 0. The van der Waals surface area contributed by atoms with Gasteiger partial charge in [-0.05, 0) is 77.0 Å². The van der Waals surface area contributed by atoms with E-state index >= 15 is 0 Å². The normalized spacial score (nSPS) is 11.5. The highest BCUT2D eigenvalue weighted by Crippen LogP contribution is 2.34. The number of anilines is 4. The number of aromatic nitrogens is 6. The smallest absolute Gasteiger partial charge is 0.228 e. The first-order chi connectivity index (χ1) is 14.1. The Hall–Kier alpha value is -2.08. The van der Waals surface area contributed by atoms with Crippen molar-refractivity contribution in [3.63, 3.8) is 0 Å². The largest absolute Gasteiger partial charge is 0.352 e. The van der Waals surface area contributed by atoms with E-state index in [-0.39, 0.29) is 24.2 Å². The number of hydrogen-bond acceptors (Lipinski definition) is 12. The first kappa shape index (κ1) is 24.2. The molecule has 12 heteroatoms. The van der Waals surface area contributed by atoms with Crippen LogP contribution in [-0.4, -0.2) is 54.1 Å². The quantitative estimate of drug-likeness (QED) is 0.366. The van der Waals surface area contributed by atoms with Crippen LogP contribution < -0.4 is 21.3 Å². The van der Waals surface area contributed by atoms with E-state index in [0.29, 0.717) is 34.1 Å². The Balaban J connectivity index is 2.23. The molecule has 0 atom stereocenters. The van der Waals surface area contributed by atoms with E-state index in [1.54, 1.807) is 0 Å². The molecule has 0 bridgehead atoms. The molecule has 0 aliphatic carbocycles. The molecule has 0 aliphatic heterocycles. The summed E-state index contributed by atoms with van der Waals surface area (Å²) in [4.78, 5) is 26.9. The number of hydrogen-bond donors (Lipinski definition) is 4. The molecule has 0 unspecified atom stereocenters. The fourth-order valence-corrected chi connectivity index (χ4v) is 3.69. The van der Waals surface area contributed by atoms with Gasteiger partial charge in [0, 0.05) is 24.2 Å². The molecule has 2 aromatic rings. The van der Waals surface area contributed by atoms with Crippen LogP contribution in [0.2, 0.25) is 0 Å². The molecule has 0 saturated carbocycles. The summed E-state index contributed by atoms with van der Waals surface area (Å²) < 4.78 is 0. The minimum absolute atomic E-state index is 0.211. The van der Waals surface area contributed by atoms with Crippen LogP contribution in [-0.2, 0) is 0 Å². The van der Waals surface area contributed by atoms with E-state index in [2.05, 4.69) is 51.2 Å². The molecule has 4 N–H and O–H groups in total. The van der Waals surface area contributed by atoms with Gasteiger partial charge in [0.1, 0.15) is 0 Å². The summed E-state index contributed by atoms with van der Waals surface area (Å²) in [5, 5.41) is 14.1. The molecule has 2 aromatic heterocycles. The minimum atomic E-state index is 0.211. The van der Waals surface area contributed by atoms with Crippen molar-refractivity contribution in [2.24, 2.45) is 0 Å². The first-order valence-electron chi connectivity index (χ1n) is 10.0. The van der Waals surface area contributed by atoms with Gasteiger partial charge in [0.05, 0.1) is 0 Å². The summed E-state index contributed by atoms with van der Waals surface area (Å²) >= 11 is 0. The van der Waals surface area contributed by atoms with E-state index < -0.39 is 0 Å². The lowest BCUT2D eigenvalue weighted by atomic mass is 10.4. The SMILES string of the molecule is CC(C)Nc1nc(NC(C)C)nc(SSc2nc(NC(C)C)nc(NC(C)C)n2)n1. The molecule has 2 rings (SSSR count). The van der Waals surface area contributed by atoms with Crippen LogP contribution >= 0.6 is 21.6 Å². The highest BCUT2D eigenvalue weighted by atomic mass is 33.1. The van der Waals surface area contributed by atoms with Crippen LogP contribution in [0.5, 0.6) is 0 Å². The highest BCUT2D eigenvalue weighted by Gasteiger charge is 2.13. The van der Waals surface area contributed by atoms with Crippen LogP contribution in [0.4, 0.5) is 23.8 Å². The van der Waals surface area contributed by atoms with Crippen LogP contribution in [0, 0.1) is 0 Å². The second kappa shape index (κ2) is 11.3. The van der Waals surface area contributed by atoms with Gasteiger partial charge in [-0.1, -0.05) is 0 Å². The average Bonchev–Trinajstić information content (AvgIpc) is 2.57. The van der Waals surface area contributed by atoms with Crippen LogP contribution in [0.25, 0.3) is 0 Å². The van der Waals surface area contributed by atoms with Crippen molar-refractivity contribution < 1.29 is 0 Å². The molecule has 30 heavy (non-hydrogen) atoms. The van der Waals surface area contributed by atoms with Gasteiger partial charge in [-0.25, -0.2) is 0 Å². The predicted octanol–water partition coefficient (Wildman–Crippen LogP) is 4.14. The average molecular weight is 453 g/mol. The van der Waals surface area contributed by atoms with Gasteiger partial charge in [-0.3, -0.25) is 0 Å². The molecule has 10 nitrogen and oxygen atoms in total. The predicted molar refractivity (Wildman–Crippen MR) is 126 cm³/mol. The third-order valence-electron chi connectivity index (χ3n) is 3.09. The fourth-order valence-electron chi connectivity index (χ4n) is 2.15. The van der Waals surface area contributed by atoms with E-state index in [4.69, 9.17) is 0 Å². The van der Waals surface area contributed by atoms with Gasteiger partial charge in [0.2, 0.25) is 34.1 Å². The molecule has 0 aromatic carbocycles. The van der Waals surface area contributed by atoms with Crippen LogP contribution in [0.15, 0.2) is 10.3 Å². The van der Waals surface area contributed by atoms with Crippen molar-refractivity contribution in [2.75, 3.05) is 21.3 Å². The number of nitrogens with one attached hydrogen (secondary N) is 4. The van der Waals surface area contributed by atoms with E-state index in [0.717, 1.165) is 0 Å². The maximum absolute atomic E-state index is 4.50. The fraction of sp³-hybridized carbons (Fsp3) is 0.667. The lowest BCUT2D eigenvalue weighted by Gasteiger charge is -2.14. The van der Waals surface area contributed by atoms with Crippen molar-refractivity contribution in [3.8, 4) is 0 Å². The summed E-state index contributed by atoms with van der Waals surface area (Å²) in [6.45, 7) is 16.3.